The molecule has 2 aromatic heterocycles. The smallest absolute Gasteiger partial charge is 0.256 e. The topological polar surface area (TPSA) is 85.0 Å². The molecule has 1 aliphatic rings. The van der Waals surface area contributed by atoms with Crippen LogP contribution in [0.15, 0.2) is 36.5 Å². The molecule has 120 valence electrons. The van der Waals surface area contributed by atoms with Gasteiger partial charge in [0, 0.05) is 23.8 Å². The van der Waals surface area contributed by atoms with Gasteiger partial charge in [-0.3, -0.25) is 9.78 Å². The third-order valence-corrected chi connectivity index (χ3v) is 4.34. The summed E-state index contributed by atoms with van der Waals surface area (Å²) >= 11 is 0. The molecule has 1 aliphatic heterocycles. The minimum absolute atomic E-state index is 0.0264. The molecule has 4 rings (SSSR count). The van der Waals surface area contributed by atoms with Crippen molar-refractivity contribution in [1.82, 2.24) is 19.9 Å². The van der Waals surface area contributed by atoms with Crippen molar-refractivity contribution in [3.05, 3.63) is 59.0 Å². The first-order chi connectivity index (χ1) is 11.6. The van der Waals surface area contributed by atoms with Crippen molar-refractivity contribution in [3.8, 4) is 0 Å². The number of hydrogen-bond donors (Lipinski definition) is 1. The highest BCUT2D eigenvalue weighted by molar-refractivity contribution is 6.05. The second kappa shape index (κ2) is 5.56. The van der Waals surface area contributed by atoms with Gasteiger partial charge in [0.05, 0.1) is 23.3 Å². The molecule has 1 aromatic carbocycles. The summed E-state index contributed by atoms with van der Waals surface area (Å²) in [5, 5.41) is 0.968. The molecule has 0 saturated heterocycles. The van der Waals surface area contributed by atoms with Crippen molar-refractivity contribution in [2.75, 3.05) is 12.3 Å². The molecule has 3 aromatic rings. The average molecular weight is 319 g/mol. The maximum Gasteiger partial charge on any atom is 0.256 e. The number of carbonyl (C=O) groups is 1. The fourth-order valence-corrected chi connectivity index (χ4v) is 3.08. The van der Waals surface area contributed by atoms with Crippen molar-refractivity contribution in [3.63, 3.8) is 0 Å². The average Bonchev–Trinajstić information content (AvgIpc) is 2.60. The molecule has 0 saturated carbocycles. The van der Waals surface area contributed by atoms with Crippen LogP contribution in [0.2, 0.25) is 0 Å². The summed E-state index contributed by atoms with van der Waals surface area (Å²) in [6.07, 6.45) is 2.49. The summed E-state index contributed by atoms with van der Waals surface area (Å²) in [5.74, 6) is 0.215. The third-order valence-electron chi connectivity index (χ3n) is 4.34. The number of aromatic nitrogens is 3. The number of anilines is 1. The molecular weight excluding hydrogens is 302 g/mol. The molecule has 24 heavy (non-hydrogen) atoms. The highest BCUT2D eigenvalue weighted by atomic mass is 16.2. The van der Waals surface area contributed by atoms with Gasteiger partial charge in [-0.1, -0.05) is 18.2 Å². The number of carbonyl (C=O) groups excluding carboxylic acids is 1. The molecule has 0 atom stereocenters. The number of benzene rings is 1. The van der Waals surface area contributed by atoms with Crippen molar-refractivity contribution < 1.29 is 4.79 Å². The van der Waals surface area contributed by atoms with Crippen LogP contribution in [-0.2, 0) is 13.0 Å². The molecule has 0 aliphatic carbocycles. The highest BCUT2D eigenvalue weighted by Gasteiger charge is 2.24. The molecule has 0 spiro atoms. The van der Waals surface area contributed by atoms with Gasteiger partial charge in [0.1, 0.15) is 0 Å². The minimum Gasteiger partial charge on any atom is -0.368 e. The Morgan fingerprint density at radius 3 is 2.96 bits per heavy atom. The highest BCUT2D eigenvalue weighted by Crippen LogP contribution is 2.23. The number of pyridine rings is 1. The van der Waals surface area contributed by atoms with Crippen LogP contribution in [0.25, 0.3) is 10.9 Å². The Hall–Kier alpha value is -3.02. The lowest BCUT2D eigenvalue weighted by molar-refractivity contribution is 0.0733. The minimum atomic E-state index is -0.0264. The maximum absolute atomic E-state index is 13.0. The zero-order valence-corrected chi connectivity index (χ0v) is 13.4. The SMILES string of the molecule is Cc1ccc2cccc(C(=O)N3CCc4cnc(N)nc4C3)c2n1. The molecule has 0 bridgehead atoms. The Balaban J connectivity index is 1.71. The monoisotopic (exact) mass is 319 g/mol. The van der Waals surface area contributed by atoms with E-state index in [0.29, 0.717) is 18.7 Å². The largest absolute Gasteiger partial charge is 0.368 e. The maximum atomic E-state index is 13.0. The Labute approximate surface area is 139 Å². The first-order valence-electron chi connectivity index (χ1n) is 7.88. The molecular formula is C18H17N5O. The van der Waals surface area contributed by atoms with Crippen LogP contribution in [0, 0.1) is 6.92 Å². The summed E-state index contributed by atoms with van der Waals surface area (Å²) in [6.45, 7) is 3.02. The predicted molar refractivity (Wildman–Crippen MR) is 91.4 cm³/mol. The van der Waals surface area contributed by atoms with E-state index in [1.54, 1.807) is 11.1 Å². The number of hydrogen-bond acceptors (Lipinski definition) is 5. The standard InChI is InChI=1S/C18H17N5O/c1-11-5-6-12-3-2-4-14(16(12)21-11)17(24)23-8-7-13-9-20-18(19)22-15(13)10-23/h2-6,9H,7-8,10H2,1H3,(H2,19,20,22). The van der Waals surface area contributed by atoms with Gasteiger partial charge < -0.3 is 10.6 Å². The van der Waals surface area contributed by atoms with Crippen LogP contribution in [-0.4, -0.2) is 32.3 Å². The lowest BCUT2D eigenvalue weighted by atomic mass is 10.0. The van der Waals surface area contributed by atoms with Crippen molar-refractivity contribution >= 4 is 22.8 Å². The molecule has 1 amide bonds. The van der Waals surface area contributed by atoms with Gasteiger partial charge in [-0.15, -0.1) is 0 Å². The number of amides is 1. The van der Waals surface area contributed by atoms with E-state index in [2.05, 4.69) is 15.0 Å². The van der Waals surface area contributed by atoms with E-state index in [9.17, 15) is 4.79 Å². The van der Waals surface area contributed by atoms with E-state index in [-0.39, 0.29) is 11.9 Å². The number of nitrogens with two attached hydrogens (primary N) is 1. The summed E-state index contributed by atoms with van der Waals surface area (Å²) in [4.78, 5) is 27.7. The van der Waals surface area contributed by atoms with Gasteiger partial charge in [-0.25, -0.2) is 9.97 Å². The number of aryl methyl sites for hydroxylation is 1. The van der Waals surface area contributed by atoms with Crippen molar-refractivity contribution in [2.24, 2.45) is 0 Å². The zero-order chi connectivity index (χ0) is 16.7. The van der Waals surface area contributed by atoms with Crippen LogP contribution in [0.5, 0.6) is 0 Å². The van der Waals surface area contributed by atoms with E-state index in [1.165, 1.54) is 0 Å². The van der Waals surface area contributed by atoms with Crippen LogP contribution < -0.4 is 5.73 Å². The predicted octanol–water partition coefficient (Wildman–Crippen LogP) is 2.11. The van der Waals surface area contributed by atoms with Crippen molar-refractivity contribution in [2.45, 2.75) is 19.9 Å². The van der Waals surface area contributed by atoms with Gasteiger partial charge in [0.15, 0.2) is 0 Å². The molecule has 6 heteroatoms. The Morgan fingerprint density at radius 2 is 2.08 bits per heavy atom. The molecule has 0 radical (unpaired) electrons. The normalized spacial score (nSPS) is 13.8. The van der Waals surface area contributed by atoms with Gasteiger partial charge >= 0.3 is 0 Å². The van der Waals surface area contributed by atoms with E-state index >= 15 is 0 Å². The van der Waals surface area contributed by atoms with Crippen molar-refractivity contribution in [1.29, 1.82) is 0 Å². The fourth-order valence-electron chi connectivity index (χ4n) is 3.08. The lowest BCUT2D eigenvalue weighted by Gasteiger charge is -2.28. The van der Waals surface area contributed by atoms with Crippen LogP contribution in [0.1, 0.15) is 27.3 Å². The Bertz CT molecular complexity index is 953. The number of rotatable bonds is 1. The van der Waals surface area contributed by atoms with E-state index in [0.717, 1.165) is 34.3 Å². The zero-order valence-electron chi connectivity index (χ0n) is 13.4. The van der Waals surface area contributed by atoms with Gasteiger partial charge in [0.2, 0.25) is 5.95 Å². The number of nitrogen functional groups attached to an aromatic ring is 1. The van der Waals surface area contributed by atoms with Crippen LogP contribution >= 0.6 is 0 Å². The number of para-hydroxylation sites is 1. The van der Waals surface area contributed by atoms with Gasteiger partial charge in [0.25, 0.3) is 5.91 Å². The van der Waals surface area contributed by atoms with E-state index in [4.69, 9.17) is 5.73 Å². The van der Waals surface area contributed by atoms with Gasteiger partial charge in [-0.2, -0.15) is 0 Å². The first-order valence-corrected chi connectivity index (χ1v) is 7.88. The summed E-state index contributed by atoms with van der Waals surface area (Å²) in [7, 11) is 0. The second-order valence-corrected chi connectivity index (χ2v) is 6.01. The first kappa shape index (κ1) is 14.6. The van der Waals surface area contributed by atoms with E-state index in [1.807, 2.05) is 37.3 Å². The summed E-state index contributed by atoms with van der Waals surface area (Å²) < 4.78 is 0. The quantitative estimate of drug-likeness (QED) is 0.742. The Kier molecular flexibility index (Phi) is 3.37. The number of nitrogens with zero attached hydrogens (tertiary/aromatic N) is 4. The molecule has 0 fully saturated rings. The molecule has 6 nitrogen and oxygen atoms in total. The molecule has 2 N–H and O–H groups in total. The van der Waals surface area contributed by atoms with Gasteiger partial charge in [-0.05, 0) is 31.0 Å². The summed E-state index contributed by atoms with van der Waals surface area (Å²) in [6, 6.07) is 9.64. The second-order valence-electron chi connectivity index (χ2n) is 6.01. The Morgan fingerprint density at radius 1 is 1.21 bits per heavy atom. The fraction of sp³-hybridized carbons (Fsp3) is 0.222. The molecule has 0 unspecified atom stereocenters. The molecule has 3 heterocycles. The van der Waals surface area contributed by atoms with E-state index < -0.39 is 0 Å². The lowest BCUT2D eigenvalue weighted by Crippen LogP contribution is -2.36. The third kappa shape index (κ3) is 2.46. The van der Waals surface area contributed by atoms with Crippen LogP contribution in [0.3, 0.4) is 0 Å². The van der Waals surface area contributed by atoms with Crippen LogP contribution in [0.4, 0.5) is 5.95 Å². The summed E-state index contributed by atoms with van der Waals surface area (Å²) in [5.41, 5.74) is 9.82. The number of fused-ring (bicyclic) bond motifs is 2.